The Morgan fingerprint density at radius 1 is 1.15 bits per heavy atom. The van der Waals surface area contributed by atoms with Gasteiger partial charge in [-0.2, -0.15) is 0 Å². The molecule has 6 heteroatoms. The lowest BCUT2D eigenvalue weighted by Crippen LogP contribution is -3.00. The van der Waals surface area contributed by atoms with E-state index in [1.807, 2.05) is 36.4 Å². The normalized spacial score (nSPS) is 25.5. The minimum Gasteiger partial charge on any atom is -1.00 e. The van der Waals surface area contributed by atoms with Gasteiger partial charge in [0.15, 0.2) is 0 Å². The molecule has 1 aromatic carbocycles. The lowest BCUT2D eigenvalue weighted by Gasteiger charge is -2.44. The van der Waals surface area contributed by atoms with Crippen LogP contribution in [0.25, 0.3) is 0 Å². The summed E-state index contributed by atoms with van der Waals surface area (Å²) in [6.45, 7) is 0.445. The molecule has 0 saturated carbocycles. The Balaban J connectivity index is 0.00000210. The number of amides is 1. The van der Waals surface area contributed by atoms with Crippen molar-refractivity contribution in [3.05, 3.63) is 54.5 Å². The minimum atomic E-state index is -0.269. The van der Waals surface area contributed by atoms with E-state index in [0.717, 1.165) is 28.6 Å². The maximum Gasteiger partial charge on any atom is 0.414 e. The van der Waals surface area contributed by atoms with Crippen LogP contribution in [0.5, 0.6) is 0 Å². The van der Waals surface area contributed by atoms with Crippen molar-refractivity contribution in [3.63, 3.8) is 0 Å². The second-order valence-electron chi connectivity index (χ2n) is 8.04. The molecule has 27 heavy (non-hydrogen) atoms. The van der Waals surface area contributed by atoms with Crippen molar-refractivity contribution in [2.24, 2.45) is 0 Å². The summed E-state index contributed by atoms with van der Waals surface area (Å²) in [5.41, 5.74) is 1.79. The van der Waals surface area contributed by atoms with Gasteiger partial charge in [0.1, 0.15) is 6.10 Å². The third-order valence-corrected chi connectivity index (χ3v) is 6.26. The first-order chi connectivity index (χ1) is 12.5. The molecule has 2 aliphatic rings. The Morgan fingerprint density at radius 3 is 2.41 bits per heavy atom. The van der Waals surface area contributed by atoms with Gasteiger partial charge in [0.05, 0.1) is 45.3 Å². The van der Waals surface area contributed by atoms with Crippen LogP contribution >= 0.6 is 0 Å². The molecule has 1 amide bonds. The van der Waals surface area contributed by atoms with Gasteiger partial charge >= 0.3 is 6.09 Å². The number of halogens is 1. The summed E-state index contributed by atoms with van der Waals surface area (Å²) in [5, 5.41) is 0. The highest BCUT2D eigenvalue weighted by Crippen LogP contribution is 2.40. The van der Waals surface area contributed by atoms with E-state index in [1.54, 1.807) is 17.4 Å². The zero-order chi connectivity index (χ0) is 18.1. The van der Waals surface area contributed by atoms with E-state index in [0.29, 0.717) is 18.6 Å². The number of nitrogens with zero attached hydrogens (tertiary/aromatic N) is 2. The van der Waals surface area contributed by atoms with Crippen LogP contribution in [0.1, 0.15) is 31.2 Å². The molecule has 2 fully saturated rings. The van der Waals surface area contributed by atoms with Gasteiger partial charge in [0.25, 0.3) is 0 Å². The van der Waals surface area contributed by atoms with Gasteiger partial charge in [0, 0.05) is 36.9 Å². The van der Waals surface area contributed by atoms with E-state index in [9.17, 15) is 4.79 Å². The topological polar surface area (TPSA) is 42.7 Å². The number of benzene rings is 1. The number of furan rings is 1. The SMILES string of the molecule is C[N+]1(C)C2CCC1CC(OC(=O)N(Cc1ccoc1)c1ccccc1)C2.[Br-]. The number of rotatable bonds is 4. The molecule has 146 valence electrons. The first-order valence-electron chi connectivity index (χ1n) is 9.41. The Bertz CT molecular complexity index is 732. The second kappa shape index (κ2) is 8.07. The Morgan fingerprint density at radius 2 is 1.81 bits per heavy atom. The van der Waals surface area contributed by atoms with Crippen molar-refractivity contribution in [1.29, 1.82) is 0 Å². The average Bonchev–Trinajstić information content (AvgIpc) is 3.16. The summed E-state index contributed by atoms with van der Waals surface area (Å²) in [6.07, 6.45) is 7.45. The van der Waals surface area contributed by atoms with E-state index < -0.39 is 0 Å². The summed E-state index contributed by atoms with van der Waals surface area (Å²) in [6, 6.07) is 12.8. The van der Waals surface area contributed by atoms with Crippen molar-refractivity contribution in [2.75, 3.05) is 19.0 Å². The number of piperidine rings is 1. The quantitative estimate of drug-likeness (QED) is 0.678. The van der Waals surface area contributed by atoms with E-state index in [4.69, 9.17) is 9.15 Å². The van der Waals surface area contributed by atoms with Gasteiger partial charge in [-0.15, -0.1) is 0 Å². The molecule has 2 saturated heterocycles. The molecule has 2 atom stereocenters. The predicted molar refractivity (Wildman–Crippen MR) is 99.8 cm³/mol. The number of para-hydroxylation sites is 1. The Kier molecular flexibility index (Phi) is 5.96. The van der Waals surface area contributed by atoms with Crippen LogP contribution < -0.4 is 21.9 Å². The molecular formula is C21H27BrN2O3. The van der Waals surface area contributed by atoms with E-state index in [2.05, 4.69) is 14.1 Å². The summed E-state index contributed by atoms with van der Waals surface area (Å²) >= 11 is 0. The van der Waals surface area contributed by atoms with Crippen molar-refractivity contribution in [3.8, 4) is 0 Å². The van der Waals surface area contributed by atoms with Crippen LogP contribution in [0.3, 0.4) is 0 Å². The number of quaternary nitrogens is 1. The highest BCUT2D eigenvalue weighted by atomic mass is 79.9. The molecule has 1 aromatic heterocycles. The van der Waals surface area contributed by atoms with Crippen molar-refractivity contribution in [2.45, 2.75) is 50.4 Å². The number of ether oxygens (including phenoxy) is 1. The summed E-state index contributed by atoms with van der Waals surface area (Å²) in [4.78, 5) is 14.7. The van der Waals surface area contributed by atoms with Gasteiger partial charge in [-0.25, -0.2) is 4.79 Å². The fraction of sp³-hybridized carbons (Fsp3) is 0.476. The number of hydrogen-bond acceptors (Lipinski definition) is 3. The van der Waals surface area contributed by atoms with E-state index in [1.165, 1.54) is 12.8 Å². The third-order valence-electron chi connectivity index (χ3n) is 6.26. The van der Waals surface area contributed by atoms with Crippen LogP contribution in [-0.2, 0) is 11.3 Å². The second-order valence-corrected chi connectivity index (χ2v) is 8.04. The van der Waals surface area contributed by atoms with Gasteiger partial charge in [-0.05, 0) is 18.2 Å². The molecule has 2 bridgehead atoms. The van der Waals surface area contributed by atoms with Gasteiger partial charge in [0.2, 0.25) is 0 Å². The van der Waals surface area contributed by atoms with Crippen LogP contribution in [0, 0.1) is 0 Å². The van der Waals surface area contributed by atoms with Gasteiger partial charge in [-0.3, -0.25) is 4.90 Å². The van der Waals surface area contributed by atoms with Crippen LogP contribution in [0.15, 0.2) is 53.3 Å². The zero-order valence-corrected chi connectivity index (χ0v) is 17.5. The standard InChI is InChI=1S/C21H27N2O3.BrH/c1-23(2)18-8-9-19(23)13-20(12-18)26-21(24)22(14-16-10-11-25-15-16)17-6-4-3-5-7-17;/h3-7,10-11,15,18-20H,8-9,12-14H2,1-2H3;1H/q+1;/p-1. The highest BCUT2D eigenvalue weighted by molar-refractivity contribution is 5.87. The number of carbonyl (C=O) groups is 1. The largest absolute Gasteiger partial charge is 1.00 e. The number of hydrogen-bond donors (Lipinski definition) is 0. The number of carbonyl (C=O) groups excluding carboxylic acids is 1. The maximum absolute atomic E-state index is 13.0. The molecule has 2 aliphatic heterocycles. The van der Waals surface area contributed by atoms with Gasteiger partial charge < -0.3 is 30.6 Å². The smallest absolute Gasteiger partial charge is 0.414 e. The molecule has 2 unspecified atom stereocenters. The Hall–Kier alpha value is -1.79. The average molecular weight is 435 g/mol. The van der Waals surface area contributed by atoms with Crippen molar-refractivity contribution in [1.82, 2.24) is 0 Å². The van der Waals surface area contributed by atoms with Crippen molar-refractivity contribution < 1.29 is 35.4 Å². The minimum absolute atomic E-state index is 0. The molecule has 0 radical (unpaired) electrons. The fourth-order valence-electron chi connectivity index (χ4n) is 4.57. The molecule has 0 spiro atoms. The summed E-state index contributed by atoms with van der Waals surface area (Å²) in [5.74, 6) is 0. The molecule has 5 nitrogen and oxygen atoms in total. The predicted octanol–water partition coefficient (Wildman–Crippen LogP) is 1.20. The zero-order valence-electron chi connectivity index (χ0n) is 15.9. The third kappa shape index (κ3) is 4.06. The van der Waals surface area contributed by atoms with Crippen LogP contribution in [-0.4, -0.2) is 42.9 Å². The maximum atomic E-state index is 13.0. The van der Waals surface area contributed by atoms with E-state index >= 15 is 0 Å². The van der Waals surface area contributed by atoms with Gasteiger partial charge in [-0.1, -0.05) is 18.2 Å². The van der Waals surface area contributed by atoms with Crippen molar-refractivity contribution >= 4 is 11.8 Å². The monoisotopic (exact) mass is 434 g/mol. The summed E-state index contributed by atoms with van der Waals surface area (Å²) in [7, 11) is 4.63. The first kappa shape index (κ1) is 20.0. The van der Waals surface area contributed by atoms with Crippen LogP contribution in [0.4, 0.5) is 10.5 Å². The van der Waals surface area contributed by atoms with E-state index in [-0.39, 0.29) is 29.2 Å². The molecule has 2 aromatic rings. The molecule has 4 rings (SSSR count). The Labute approximate surface area is 171 Å². The molecule has 0 aliphatic carbocycles. The highest BCUT2D eigenvalue weighted by Gasteiger charge is 2.50. The lowest BCUT2D eigenvalue weighted by atomic mass is 9.98. The summed E-state index contributed by atoms with van der Waals surface area (Å²) < 4.78 is 12.2. The first-order valence-corrected chi connectivity index (χ1v) is 9.41. The molecule has 0 N–H and O–H groups in total. The van der Waals surface area contributed by atoms with Crippen LogP contribution in [0.2, 0.25) is 0 Å². The molecule has 3 heterocycles. The molecular weight excluding hydrogens is 408 g/mol. The lowest BCUT2D eigenvalue weighted by molar-refractivity contribution is -0.931. The number of anilines is 1. The fourth-order valence-corrected chi connectivity index (χ4v) is 4.57. The number of fused-ring (bicyclic) bond motifs is 2.